The number of pyridine rings is 1. The number of aryl methyl sites for hydroxylation is 1. The van der Waals surface area contributed by atoms with Crippen LogP contribution in [-0.2, 0) is 0 Å². The summed E-state index contributed by atoms with van der Waals surface area (Å²) in [6.07, 6.45) is 3.25. The number of hydrogen-bond acceptors (Lipinski definition) is 3. The van der Waals surface area contributed by atoms with Gasteiger partial charge in [-0.15, -0.1) is 0 Å². The van der Waals surface area contributed by atoms with Crippen LogP contribution in [0.4, 0.5) is 5.69 Å². The van der Waals surface area contributed by atoms with E-state index in [9.17, 15) is 0 Å². The van der Waals surface area contributed by atoms with Crippen LogP contribution in [0, 0.1) is 18.3 Å². The predicted octanol–water partition coefficient (Wildman–Crippen LogP) is 2.51. The first-order valence-corrected chi connectivity index (χ1v) is 4.92. The number of aromatic nitrogens is 1. The third kappa shape index (κ3) is 1.86. The van der Waals surface area contributed by atoms with Crippen LogP contribution >= 0.6 is 0 Å². The van der Waals surface area contributed by atoms with Crippen LogP contribution in [0.1, 0.15) is 11.1 Å². The van der Waals surface area contributed by atoms with Crippen molar-refractivity contribution in [1.82, 2.24) is 4.98 Å². The van der Waals surface area contributed by atoms with Crippen molar-refractivity contribution >= 4 is 5.69 Å². The van der Waals surface area contributed by atoms with E-state index >= 15 is 0 Å². The van der Waals surface area contributed by atoms with Crippen LogP contribution in [0.3, 0.4) is 0 Å². The molecule has 0 fully saturated rings. The number of benzene rings is 1. The van der Waals surface area contributed by atoms with E-state index in [-0.39, 0.29) is 0 Å². The number of nitriles is 1. The van der Waals surface area contributed by atoms with Gasteiger partial charge < -0.3 is 5.73 Å². The first kappa shape index (κ1) is 10.2. The molecular formula is C13H11N3. The predicted molar refractivity (Wildman–Crippen MR) is 63.5 cm³/mol. The first-order chi connectivity index (χ1) is 7.70. The van der Waals surface area contributed by atoms with Crippen molar-refractivity contribution in [3.63, 3.8) is 0 Å². The molecule has 2 N–H and O–H groups in total. The summed E-state index contributed by atoms with van der Waals surface area (Å²) in [5, 5.41) is 8.81. The summed E-state index contributed by atoms with van der Waals surface area (Å²) in [5.41, 5.74) is 10.1. The Bertz CT molecular complexity index is 568. The van der Waals surface area contributed by atoms with Gasteiger partial charge >= 0.3 is 0 Å². The fourth-order valence-corrected chi connectivity index (χ4v) is 1.57. The molecule has 0 unspecified atom stereocenters. The van der Waals surface area contributed by atoms with E-state index in [0.717, 1.165) is 16.7 Å². The average Bonchev–Trinajstić information content (AvgIpc) is 2.32. The summed E-state index contributed by atoms with van der Waals surface area (Å²) < 4.78 is 0. The van der Waals surface area contributed by atoms with Gasteiger partial charge in [0.05, 0.1) is 5.56 Å². The molecule has 3 nitrogen and oxygen atoms in total. The van der Waals surface area contributed by atoms with Gasteiger partial charge in [0, 0.05) is 29.2 Å². The quantitative estimate of drug-likeness (QED) is 0.734. The number of nitrogens with two attached hydrogens (primary N) is 1. The molecule has 0 aliphatic heterocycles. The lowest BCUT2D eigenvalue weighted by molar-refractivity contribution is 1.30. The second-order valence-corrected chi connectivity index (χ2v) is 3.66. The molecule has 0 amide bonds. The van der Waals surface area contributed by atoms with Crippen molar-refractivity contribution < 1.29 is 0 Å². The monoisotopic (exact) mass is 209 g/mol. The molecule has 1 aromatic carbocycles. The Kier molecular flexibility index (Phi) is 2.57. The van der Waals surface area contributed by atoms with E-state index in [4.69, 9.17) is 11.0 Å². The number of rotatable bonds is 1. The standard InChI is InChI=1S/C13H11N3/c1-9-2-3-13(15)12(4-9)11-5-10(6-14)7-16-8-11/h2-5,7-8H,15H2,1H3. The van der Waals surface area contributed by atoms with Crippen molar-refractivity contribution in [1.29, 1.82) is 5.26 Å². The first-order valence-electron chi connectivity index (χ1n) is 4.92. The molecule has 0 aliphatic carbocycles. The molecule has 16 heavy (non-hydrogen) atoms. The molecule has 2 rings (SSSR count). The Balaban J connectivity index is 2.58. The maximum Gasteiger partial charge on any atom is 0.101 e. The van der Waals surface area contributed by atoms with Crippen molar-refractivity contribution in [3.8, 4) is 17.2 Å². The number of anilines is 1. The molecular weight excluding hydrogens is 198 g/mol. The summed E-state index contributed by atoms with van der Waals surface area (Å²) in [6.45, 7) is 2.00. The Morgan fingerprint density at radius 2 is 2.06 bits per heavy atom. The van der Waals surface area contributed by atoms with Gasteiger partial charge in [-0.2, -0.15) is 5.26 Å². The normalized spacial score (nSPS) is 9.75. The molecule has 0 radical (unpaired) electrons. The molecule has 0 bridgehead atoms. The molecule has 1 heterocycles. The third-order valence-electron chi connectivity index (χ3n) is 2.39. The Hall–Kier alpha value is -2.34. The van der Waals surface area contributed by atoms with E-state index in [1.165, 1.54) is 6.20 Å². The summed E-state index contributed by atoms with van der Waals surface area (Å²) in [6, 6.07) is 9.67. The number of nitrogen functional groups attached to an aromatic ring is 1. The average molecular weight is 209 g/mol. The molecule has 0 spiro atoms. The van der Waals surface area contributed by atoms with Gasteiger partial charge in [0.15, 0.2) is 0 Å². The second kappa shape index (κ2) is 4.03. The molecule has 2 aromatic rings. The van der Waals surface area contributed by atoms with Gasteiger partial charge in [0.2, 0.25) is 0 Å². The van der Waals surface area contributed by atoms with E-state index in [2.05, 4.69) is 11.1 Å². The Morgan fingerprint density at radius 3 is 2.81 bits per heavy atom. The fraction of sp³-hybridized carbons (Fsp3) is 0.0769. The lowest BCUT2D eigenvalue weighted by Gasteiger charge is -2.06. The van der Waals surface area contributed by atoms with Gasteiger partial charge in [0.1, 0.15) is 6.07 Å². The van der Waals surface area contributed by atoms with E-state index in [1.54, 1.807) is 12.3 Å². The van der Waals surface area contributed by atoms with Gasteiger partial charge in [0.25, 0.3) is 0 Å². The van der Waals surface area contributed by atoms with Crippen LogP contribution in [0.25, 0.3) is 11.1 Å². The van der Waals surface area contributed by atoms with Crippen molar-refractivity contribution in [2.75, 3.05) is 5.73 Å². The van der Waals surface area contributed by atoms with Crippen LogP contribution in [0.15, 0.2) is 36.7 Å². The third-order valence-corrected chi connectivity index (χ3v) is 2.39. The molecule has 1 aromatic heterocycles. The highest BCUT2D eigenvalue weighted by Gasteiger charge is 2.04. The largest absolute Gasteiger partial charge is 0.398 e. The zero-order valence-corrected chi connectivity index (χ0v) is 8.94. The van der Waals surface area contributed by atoms with Gasteiger partial charge in [-0.1, -0.05) is 11.6 Å². The van der Waals surface area contributed by atoms with Crippen LogP contribution in [-0.4, -0.2) is 4.98 Å². The van der Waals surface area contributed by atoms with Crippen molar-refractivity contribution in [3.05, 3.63) is 47.8 Å². The lowest BCUT2D eigenvalue weighted by Crippen LogP contribution is -1.92. The summed E-state index contributed by atoms with van der Waals surface area (Å²) >= 11 is 0. The van der Waals surface area contributed by atoms with Crippen molar-refractivity contribution in [2.24, 2.45) is 0 Å². The van der Waals surface area contributed by atoms with Gasteiger partial charge in [-0.3, -0.25) is 4.98 Å². The SMILES string of the molecule is Cc1ccc(N)c(-c2cncc(C#N)c2)c1. The van der Waals surface area contributed by atoms with Gasteiger partial charge in [-0.05, 0) is 25.1 Å². The number of hydrogen-bond donors (Lipinski definition) is 1. The Labute approximate surface area is 94.2 Å². The maximum absolute atomic E-state index is 8.81. The van der Waals surface area contributed by atoms with E-state index in [1.807, 2.05) is 25.1 Å². The van der Waals surface area contributed by atoms with Gasteiger partial charge in [-0.25, -0.2) is 0 Å². The topological polar surface area (TPSA) is 62.7 Å². The molecule has 3 heteroatoms. The summed E-state index contributed by atoms with van der Waals surface area (Å²) in [5.74, 6) is 0. The second-order valence-electron chi connectivity index (χ2n) is 3.66. The zero-order chi connectivity index (χ0) is 11.5. The maximum atomic E-state index is 8.81. The molecule has 0 aliphatic rings. The van der Waals surface area contributed by atoms with E-state index < -0.39 is 0 Å². The van der Waals surface area contributed by atoms with Crippen LogP contribution in [0.5, 0.6) is 0 Å². The minimum Gasteiger partial charge on any atom is -0.398 e. The van der Waals surface area contributed by atoms with E-state index in [0.29, 0.717) is 11.3 Å². The van der Waals surface area contributed by atoms with Crippen LogP contribution in [0.2, 0.25) is 0 Å². The molecule has 0 atom stereocenters. The fourth-order valence-electron chi connectivity index (χ4n) is 1.57. The molecule has 0 saturated heterocycles. The minimum absolute atomic E-state index is 0.540. The highest BCUT2D eigenvalue weighted by Crippen LogP contribution is 2.26. The smallest absolute Gasteiger partial charge is 0.101 e. The number of nitrogens with zero attached hydrogens (tertiary/aromatic N) is 2. The lowest BCUT2D eigenvalue weighted by atomic mass is 10.0. The highest BCUT2D eigenvalue weighted by molar-refractivity contribution is 5.76. The molecule has 0 saturated carbocycles. The highest BCUT2D eigenvalue weighted by atomic mass is 14.6. The Morgan fingerprint density at radius 1 is 1.25 bits per heavy atom. The minimum atomic E-state index is 0.540. The summed E-state index contributed by atoms with van der Waals surface area (Å²) in [4.78, 5) is 4.02. The van der Waals surface area contributed by atoms with Crippen molar-refractivity contribution in [2.45, 2.75) is 6.92 Å². The van der Waals surface area contributed by atoms with Crippen LogP contribution < -0.4 is 5.73 Å². The molecule has 78 valence electrons. The summed E-state index contributed by atoms with van der Waals surface area (Å²) in [7, 11) is 0. The zero-order valence-electron chi connectivity index (χ0n) is 8.94.